The van der Waals surface area contributed by atoms with Gasteiger partial charge in [-0.2, -0.15) is 5.10 Å². The van der Waals surface area contributed by atoms with Crippen LogP contribution in [-0.2, 0) is 4.79 Å². The van der Waals surface area contributed by atoms with Crippen LogP contribution in [-0.4, -0.2) is 26.8 Å². The third kappa shape index (κ3) is 4.31. The molecule has 2 aromatic rings. The van der Waals surface area contributed by atoms with Gasteiger partial charge in [-0.05, 0) is 44.4 Å². The highest BCUT2D eigenvalue weighted by molar-refractivity contribution is 5.53. The molecule has 0 amide bonds. The number of nitrogens with zero attached hydrogens (tertiary/aromatic N) is 2. The molecule has 1 aliphatic carbocycles. The number of aryl methyl sites for hydroxylation is 2. The summed E-state index contributed by atoms with van der Waals surface area (Å²) in [6, 6.07) is 6.28. The molecule has 2 aromatic heterocycles. The van der Waals surface area contributed by atoms with Crippen LogP contribution >= 0.6 is 0 Å². The van der Waals surface area contributed by atoms with Crippen molar-refractivity contribution in [3.63, 3.8) is 0 Å². The molecule has 2 heterocycles. The van der Waals surface area contributed by atoms with E-state index in [-0.39, 0.29) is 6.47 Å². The van der Waals surface area contributed by atoms with E-state index in [1.807, 2.05) is 13.0 Å². The molecule has 1 saturated carbocycles. The van der Waals surface area contributed by atoms with Gasteiger partial charge in [-0.15, -0.1) is 0 Å². The molecule has 1 aliphatic rings. The molecule has 6 nitrogen and oxygen atoms in total. The molecule has 0 bridgehead atoms. The molecular formula is C16H22N4O2. The van der Waals surface area contributed by atoms with Crippen molar-refractivity contribution in [2.75, 3.05) is 5.32 Å². The van der Waals surface area contributed by atoms with E-state index in [2.05, 4.69) is 34.6 Å². The lowest BCUT2D eigenvalue weighted by Crippen LogP contribution is -2.01. The summed E-state index contributed by atoms with van der Waals surface area (Å²) in [5.41, 5.74) is 3.53. The maximum Gasteiger partial charge on any atom is 0.290 e. The van der Waals surface area contributed by atoms with E-state index in [0.29, 0.717) is 5.92 Å². The molecule has 0 atom stereocenters. The highest BCUT2D eigenvalue weighted by atomic mass is 16.3. The Hall–Kier alpha value is -2.37. The number of hydrogen-bond acceptors (Lipinski definition) is 4. The van der Waals surface area contributed by atoms with Crippen LogP contribution in [0.5, 0.6) is 0 Å². The quantitative estimate of drug-likeness (QED) is 0.755. The van der Waals surface area contributed by atoms with E-state index in [0.717, 1.165) is 17.3 Å². The lowest BCUT2D eigenvalue weighted by atomic mass is 10.0. The number of rotatable bonds is 3. The number of nitrogens with one attached hydrogen (secondary N) is 2. The average molecular weight is 302 g/mol. The number of carboxylic acid groups (broad SMARTS) is 1. The Kier molecular flexibility index (Phi) is 5.52. The average Bonchev–Trinajstić information content (AvgIpc) is 3.11. The zero-order valence-corrected chi connectivity index (χ0v) is 13.0. The fourth-order valence-electron chi connectivity index (χ4n) is 2.80. The normalized spacial score (nSPS) is 14.3. The summed E-state index contributed by atoms with van der Waals surface area (Å²) in [5.74, 6) is 2.36. The molecule has 6 heteroatoms. The van der Waals surface area contributed by atoms with Crippen LogP contribution in [0.15, 0.2) is 18.2 Å². The zero-order valence-electron chi connectivity index (χ0n) is 13.0. The van der Waals surface area contributed by atoms with Gasteiger partial charge in [0.1, 0.15) is 5.82 Å². The van der Waals surface area contributed by atoms with Gasteiger partial charge in [-0.3, -0.25) is 9.89 Å². The standard InChI is InChI=1S/C15H20N4.CH2O2/c1-10-7-13(12-5-3-4-6-12)16-14(8-10)17-15-9-11(2)18-19-15;2-1-3/h7-9,12H,3-6H2,1-2H3,(H2,16,17,18,19);1H,(H,2,3). The molecule has 118 valence electrons. The molecule has 22 heavy (non-hydrogen) atoms. The number of H-pyrrole nitrogens is 1. The van der Waals surface area contributed by atoms with E-state index in [4.69, 9.17) is 14.9 Å². The second-order valence-corrected chi connectivity index (χ2v) is 5.60. The van der Waals surface area contributed by atoms with Crippen molar-refractivity contribution >= 4 is 18.1 Å². The van der Waals surface area contributed by atoms with Crippen LogP contribution < -0.4 is 5.32 Å². The van der Waals surface area contributed by atoms with Crippen molar-refractivity contribution in [2.45, 2.75) is 45.4 Å². The first-order valence-corrected chi connectivity index (χ1v) is 7.48. The maximum atomic E-state index is 8.36. The number of pyridine rings is 1. The summed E-state index contributed by atoms with van der Waals surface area (Å²) in [6.45, 7) is 3.87. The SMILES string of the molecule is Cc1cc(Nc2cc(C)[nH]n2)nc(C2CCCC2)c1.O=CO. The van der Waals surface area contributed by atoms with E-state index >= 15 is 0 Å². The zero-order chi connectivity index (χ0) is 15.9. The van der Waals surface area contributed by atoms with Gasteiger partial charge in [0.05, 0.1) is 0 Å². The Morgan fingerprint density at radius 2 is 1.91 bits per heavy atom. The van der Waals surface area contributed by atoms with Gasteiger partial charge < -0.3 is 10.4 Å². The Morgan fingerprint density at radius 3 is 2.50 bits per heavy atom. The number of anilines is 2. The molecule has 0 aliphatic heterocycles. The number of hydrogen-bond donors (Lipinski definition) is 3. The van der Waals surface area contributed by atoms with Crippen molar-refractivity contribution in [1.82, 2.24) is 15.2 Å². The van der Waals surface area contributed by atoms with Gasteiger partial charge in [-0.25, -0.2) is 4.98 Å². The monoisotopic (exact) mass is 302 g/mol. The minimum atomic E-state index is -0.250. The van der Waals surface area contributed by atoms with Gasteiger partial charge >= 0.3 is 0 Å². The van der Waals surface area contributed by atoms with Crippen molar-refractivity contribution in [3.8, 4) is 0 Å². The third-order valence-electron chi connectivity index (χ3n) is 3.73. The molecule has 0 saturated heterocycles. The predicted octanol–water partition coefficient (Wildman–Crippen LogP) is 3.52. The fourth-order valence-corrected chi connectivity index (χ4v) is 2.80. The van der Waals surface area contributed by atoms with Crippen molar-refractivity contribution < 1.29 is 9.90 Å². The van der Waals surface area contributed by atoms with Gasteiger partial charge in [0.25, 0.3) is 6.47 Å². The number of carbonyl (C=O) groups is 1. The molecule has 0 spiro atoms. The van der Waals surface area contributed by atoms with Crippen LogP contribution in [0.4, 0.5) is 11.6 Å². The molecule has 0 radical (unpaired) electrons. The first-order chi connectivity index (χ1) is 10.6. The summed E-state index contributed by atoms with van der Waals surface area (Å²) in [4.78, 5) is 13.1. The van der Waals surface area contributed by atoms with Crippen LogP contribution in [0, 0.1) is 13.8 Å². The summed E-state index contributed by atoms with van der Waals surface area (Å²) in [6.07, 6.45) is 5.22. The molecule has 3 rings (SSSR count). The predicted molar refractivity (Wildman–Crippen MR) is 85.5 cm³/mol. The van der Waals surface area contributed by atoms with E-state index in [9.17, 15) is 0 Å². The van der Waals surface area contributed by atoms with Crippen LogP contribution in [0.1, 0.15) is 48.6 Å². The Balaban J connectivity index is 0.000000545. The van der Waals surface area contributed by atoms with Crippen LogP contribution in [0.2, 0.25) is 0 Å². The number of aromatic amines is 1. The lowest BCUT2D eigenvalue weighted by molar-refractivity contribution is -0.122. The second-order valence-electron chi connectivity index (χ2n) is 5.60. The van der Waals surface area contributed by atoms with Gasteiger partial charge in [0.15, 0.2) is 5.82 Å². The summed E-state index contributed by atoms with van der Waals surface area (Å²) in [5, 5.41) is 17.3. The molecular weight excluding hydrogens is 280 g/mol. The molecule has 1 fully saturated rings. The lowest BCUT2D eigenvalue weighted by Gasteiger charge is -2.12. The van der Waals surface area contributed by atoms with E-state index < -0.39 is 0 Å². The van der Waals surface area contributed by atoms with Crippen LogP contribution in [0.3, 0.4) is 0 Å². The Morgan fingerprint density at radius 1 is 1.23 bits per heavy atom. The molecule has 0 aromatic carbocycles. The highest BCUT2D eigenvalue weighted by Gasteiger charge is 2.19. The first kappa shape index (κ1) is 16.0. The van der Waals surface area contributed by atoms with E-state index in [1.165, 1.54) is 36.9 Å². The van der Waals surface area contributed by atoms with E-state index in [1.54, 1.807) is 0 Å². The minimum Gasteiger partial charge on any atom is -0.483 e. The Labute approximate surface area is 130 Å². The summed E-state index contributed by atoms with van der Waals surface area (Å²) < 4.78 is 0. The first-order valence-electron chi connectivity index (χ1n) is 7.48. The topological polar surface area (TPSA) is 90.9 Å². The smallest absolute Gasteiger partial charge is 0.290 e. The molecule has 0 unspecified atom stereocenters. The fraction of sp³-hybridized carbons (Fsp3) is 0.438. The largest absolute Gasteiger partial charge is 0.483 e. The molecule has 3 N–H and O–H groups in total. The highest BCUT2D eigenvalue weighted by Crippen LogP contribution is 2.34. The minimum absolute atomic E-state index is 0.250. The van der Waals surface area contributed by atoms with Gasteiger partial charge in [0.2, 0.25) is 0 Å². The maximum absolute atomic E-state index is 8.36. The van der Waals surface area contributed by atoms with Crippen molar-refractivity contribution in [2.24, 2.45) is 0 Å². The number of aromatic nitrogens is 3. The summed E-state index contributed by atoms with van der Waals surface area (Å²) >= 11 is 0. The van der Waals surface area contributed by atoms with Gasteiger partial charge in [-0.1, -0.05) is 12.8 Å². The van der Waals surface area contributed by atoms with Crippen molar-refractivity contribution in [1.29, 1.82) is 0 Å². The van der Waals surface area contributed by atoms with Crippen LogP contribution in [0.25, 0.3) is 0 Å². The van der Waals surface area contributed by atoms with Gasteiger partial charge in [0, 0.05) is 23.4 Å². The van der Waals surface area contributed by atoms with Crippen molar-refractivity contribution in [3.05, 3.63) is 35.2 Å². The Bertz CT molecular complexity index is 618. The third-order valence-corrected chi connectivity index (χ3v) is 3.73. The second kappa shape index (κ2) is 7.59. The summed E-state index contributed by atoms with van der Waals surface area (Å²) in [7, 11) is 0.